The number of amides is 2. The Morgan fingerprint density at radius 3 is 1.18 bits per heavy atom. The number of carbonyl (C=O) groups is 2. The van der Waals surface area contributed by atoms with Crippen molar-refractivity contribution in [1.82, 2.24) is 88.3 Å². The molecular formula is C111H108Cl4N22O8. The Balaban J connectivity index is 0.000000127. The lowest BCUT2D eigenvalue weighted by molar-refractivity contribution is -0.132. The first-order valence-electron chi connectivity index (χ1n) is 48.6. The molecule has 0 aliphatic carbocycles. The number of piperidine rings is 2. The third-order valence-corrected chi connectivity index (χ3v) is 27.7. The number of nitrogens with one attached hydrogen (secondary N) is 5. The number of fused-ring (bicyclic) bond motifs is 4. The highest BCUT2D eigenvalue weighted by atomic mass is 35.5. The second-order valence-corrected chi connectivity index (χ2v) is 38.1. The summed E-state index contributed by atoms with van der Waals surface area (Å²) in [5.41, 5.74) is 18.4. The maximum Gasteiger partial charge on any atom is 0.260 e. The molecule has 4 fully saturated rings. The van der Waals surface area contributed by atoms with Crippen molar-refractivity contribution in [3.8, 4) is 89.5 Å². The van der Waals surface area contributed by atoms with Crippen LogP contribution in [0, 0.1) is 27.7 Å². The van der Waals surface area contributed by atoms with Crippen molar-refractivity contribution in [3.05, 3.63) is 315 Å². The molecule has 738 valence electrons. The Morgan fingerprint density at radius 2 is 0.779 bits per heavy atom. The van der Waals surface area contributed by atoms with Crippen LogP contribution in [0.1, 0.15) is 107 Å². The quantitative estimate of drug-likeness (QED) is 0.0446. The average Bonchev–Trinajstić information content (AvgIpc) is 0.771. The van der Waals surface area contributed by atoms with Gasteiger partial charge in [0, 0.05) is 254 Å². The van der Waals surface area contributed by atoms with Gasteiger partial charge in [0.05, 0.1) is 35.4 Å². The molecule has 4 aliphatic heterocycles. The smallest absolute Gasteiger partial charge is 0.260 e. The van der Waals surface area contributed by atoms with Crippen LogP contribution >= 0.6 is 46.4 Å². The number of halogens is 4. The molecule has 4 saturated heterocycles. The number of nitrogens with zero attached hydrogens (tertiary/aromatic N) is 17. The maximum absolute atomic E-state index is 14.0. The Hall–Kier alpha value is -14.9. The van der Waals surface area contributed by atoms with Crippen molar-refractivity contribution >= 4 is 126 Å². The molecule has 2 amide bonds. The van der Waals surface area contributed by atoms with Crippen LogP contribution in [0.2, 0.25) is 20.1 Å². The minimum Gasteiger partial charge on any atom is -0.381 e. The summed E-state index contributed by atoms with van der Waals surface area (Å²) in [7, 11) is 1.81. The molecule has 16 heterocycles. The summed E-state index contributed by atoms with van der Waals surface area (Å²) < 4.78 is 17.7. The first-order chi connectivity index (χ1) is 70.3. The van der Waals surface area contributed by atoms with E-state index in [1.54, 1.807) is 78.7 Å². The first-order valence-corrected chi connectivity index (χ1v) is 50.1. The lowest BCUT2D eigenvalue weighted by atomic mass is 10.0. The first kappa shape index (κ1) is 100. The highest BCUT2D eigenvalue weighted by Crippen LogP contribution is 2.39. The van der Waals surface area contributed by atoms with E-state index in [4.69, 9.17) is 65.8 Å². The summed E-state index contributed by atoms with van der Waals surface area (Å²) >= 11 is 26.9. The topological polar surface area (TPSA) is 359 Å². The fourth-order valence-electron chi connectivity index (χ4n) is 18.8. The van der Waals surface area contributed by atoms with Crippen LogP contribution in [0.3, 0.4) is 0 Å². The number of hydrogen-bond acceptors (Lipinski definition) is 24. The zero-order valence-electron chi connectivity index (χ0n) is 81.7. The second kappa shape index (κ2) is 44.9. The number of aryl methyl sites for hydroxylation is 7. The predicted octanol–water partition coefficient (Wildman–Crippen LogP) is 20.3. The number of aromatic nitrogens is 16. The highest BCUT2D eigenvalue weighted by molar-refractivity contribution is 6.35. The number of ether oxygens (including phenoxy) is 2. The van der Waals surface area contributed by atoms with Gasteiger partial charge in [-0.15, -0.1) is 0 Å². The maximum atomic E-state index is 14.0. The van der Waals surface area contributed by atoms with E-state index in [-0.39, 0.29) is 64.3 Å². The Bertz CT molecular complexity index is 8040. The van der Waals surface area contributed by atoms with Gasteiger partial charge >= 0.3 is 0 Å². The van der Waals surface area contributed by atoms with Crippen molar-refractivity contribution in [3.63, 3.8) is 0 Å². The van der Waals surface area contributed by atoms with Crippen LogP contribution in [0.5, 0.6) is 0 Å². The summed E-state index contributed by atoms with van der Waals surface area (Å²) in [6.45, 7) is 21.0. The Kier molecular flexibility index (Phi) is 31.0. The predicted molar refractivity (Wildman–Crippen MR) is 575 cm³/mol. The van der Waals surface area contributed by atoms with Crippen molar-refractivity contribution in [2.45, 2.75) is 163 Å². The van der Waals surface area contributed by atoms with Crippen molar-refractivity contribution in [2.75, 3.05) is 61.2 Å². The number of benzene rings is 5. The largest absolute Gasteiger partial charge is 0.381 e. The van der Waals surface area contributed by atoms with Gasteiger partial charge in [-0.2, -0.15) is 19.9 Å². The summed E-state index contributed by atoms with van der Waals surface area (Å²) in [6, 6.07) is 57.8. The van der Waals surface area contributed by atoms with Crippen LogP contribution in [-0.4, -0.2) is 165 Å². The zero-order chi connectivity index (χ0) is 101. The van der Waals surface area contributed by atoms with Gasteiger partial charge in [-0.1, -0.05) is 150 Å². The van der Waals surface area contributed by atoms with E-state index < -0.39 is 0 Å². The molecule has 0 bridgehead atoms. The number of hydrogen-bond donors (Lipinski definition) is 5. The van der Waals surface area contributed by atoms with Gasteiger partial charge in [0.15, 0.2) is 0 Å². The fraction of sp³-hybridized carbons (Fsp3) is 0.279. The van der Waals surface area contributed by atoms with Gasteiger partial charge in [0.1, 0.15) is 22.6 Å². The van der Waals surface area contributed by atoms with E-state index >= 15 is 0 Å². The molecule has 0 radical (unpaired) electrons. The molecular weight excluding hydrogens is 1910 g/mol. The number of carbonyl (C=O) groups excluding carboxylic acids is 2. The lowest BCUT2D eigenvalue weighted by Gasteiger charge is -2.29. The summed E-state index contributed by atoms with van der Waals surface area (Å²) in [5.74, 6) is 1.95. The average molecular weight is 2020 g/mol. The van der Waals surface area contributed by atoms with Gasteiger partial charge in [-0.05, 0) is 195 Å². The summed E-state index contributed by atoms with van der Waals surface area (Å²) in [4.78, 5) is 135. The standard InChI is InChI=1S/C31H28ClN5O2.C27H27ClN6O2.C27H28ClN5O2.C26H25ClN6O2/c1-20-6-5-9-28(34-20)22-10-11-25(27(32)17-22)26-16-23-18-33-31(35-24-12-14-39-15-13-24)36-29(23)37(30(26)38)19-21-7-3-2-4-8-21;1-4-34-25-18(15-30-27(32-25)31-19-9-11-33(3)23(35)14-19)12-21(26(34)36)20-8-7-17(13-22(20)28)24-16(2)6-5-10-29-24;1-4-33-25-19(15-30-27(32-25)31-20-9-11-35-17(3)12-20)13-22(26(33)34)21-8-7-18(14-23(21)28)24-16(2)6-5-10-29-24;1-3-33-24-17(14-30-26(32-24)31-18-8-10-28-22(34)13-18)11-20(25(33)35)19-7-6-16(12-21(19)27)23-15(2)5-4-9-29-23/h2-11,16-18,24H,12-15,19H2,1H3,(H,33,35,36);5-8,10,12-13,15,19H,4,9,11,14H2,1-3H3,(H,30,31,32);5-8,10,13-15,17,20H,4,9,11-12H2,1-3H3,(H,30,31,32);4-7,9,11-12,14,18H,3,8,10,13H2,1-2H3,(H,28,34)(H,30,31,32). The molecule has 5 aromatic carbocycles. The molecule has 5 N–H and O–H groups in total. The summed E-state index contributed by atoms with van der Waals surface area (Å²) in [5, 5.41) is 21.1. The second-order valence-electron chi connectivity index (χ2n) is 36.5. The SMILES string of the molecule is CCn1c(=O)c(-c2ccc(-c3ncccc3C)cc2Cl)cc2cnc(NC3CCN(C)C(=O)C3)nc21.CCn1c(=O)c(-c2ccc(-c3ncccc3C)cc2Cl)cc2cnc(NC3CCNC(=O)C3)nc21.CCn1c(=O)c(-c2ccc(-c3ncccc3C)cc2Cl)cc2cnc(NC3CCOC(C)C3)nc21.Cc1cccc(-c2ccc(-c3cc4cnc(NC5CCOCC5)nc4n(Cc4ccccc4)c3=O)c(Cl)c2)n1. The van der Waals surface area contributed by atoms with Gasteiger partial charge in [0.25, 0.3) is 22.2 Å². The Labute approximate surface area is 856 Å². The number of likely N-dealkylation sites (tertiary alicyclic amines) is 1. The number of anilines is 4. The molecule has 0 spiro atoms. The van der Waals surface area contributed by atoms with E-state index in [0.29, 0.717) is 176 Å². The lowest BCUT2D eigenvalue weighted by Crippen LogP contribution is -2.41. The van der Waals surface area contributed by atoms with Gasteiger partial charge in [-0.3, -0.25) is 67.0 Å². The molecule has 21 rings (SSSR count). The minimum atomic E-state index is -0.176. The van der Waals surface area contributed by atoms with Gasteiger partial charge in [-0.25, -0.2) is 19.9 Å². The van der Waals surface area contributed by atoms with E-state index in [9.17, 15) is 28.8 Å². The van der Waals surface area contributed by atoms with Crippen molar-refractivity contribution in [1.29, 1.82) is 0 Å². The van der Waals surface area contributed by atoms with Crippen LogP contribution in [0.15, 0.2) is 245 Å². The van der Waals surface area contributed by atoms with Crippen LogP contribution in [-0.2, 0) is 45.2 Å². The van der Waals surface area contributed by atoms with Crippen molar-refractivity contribution in [2.24, 2.45) is 0 Å². The molecule has 0 saturated carbocycles. The molecule has 17 aromatic rings. The zero-order valence-corrected chi connectivity index (χ0v) is 84.7. The molecule has 4 unspecified atom stereocenters. The van der Waals surface area contributed by atoms with Crippen molar-refractivity contribution < 1.29 is 19.1 Å². The monoisotopic (exact) mass is 2020 g/mol. The number of rotatable bonds is 21. The molecule has 12 aromatic heterocycles. The van der Waals surface area contributed by atoms with E-state index in [1.807, 2.05) is 225 Å². The summed E-state index contributed by atoms with van der Waals surface area (Å²) in [6.07, 6.45) is 18.4. The minimum absolute atomic E-state index is 0.00533. The van der Waals surface area contributed by atoms with E-state index in [2.05, 4.69) is 83.3 Å². The third-order valence-electron chi connectivity index (χ3n) is 26.5. The molecule has 4 atom stereocenters. The third kappa shape index (κ3) is 22.7. The Morgan fingerprint density at radius 1 is 0.386 bits per heavy atom. The van der Waals surface area contributed by atoms with Crippen LogP contribution < -0.4 is 48.8 Å². The van der Waals surface area contributed by atoms with Gasteiger partial charge < -0.3 is 41.0 Å². The highest BCUT2D eigenvalue weighted by Gasteiger charge is 2.29. The molecule has 34 heteroatoms. The molecule has 145 heavy (non-hydrogen) atoms. The van der Waals surface area contributed by atoms with Gasteiger partial charge in [0.2, 0.25) is 35.6 Å². The normalized spacial score (nSPS) is 15.9. The molecule has 30 nitrogen and oxygen atoms in total. The van der Waals surface area contributed by atoms with Crippen LogP contribution in [0.25, 0.3) is 134 Å². The van der Waals surface area contributed by atoms with E-state index in [1.165, 1.54) is 0 Å². The van der Waals surface area contributed by atoms with E-state index in [0.717, 1.165) is 140 Å². The number of pyridine rings is 8. The van der Waals surface area contributed by atoms with Crippen LogP contribution in [0.4, 0.5) is 23.8 Å². The molecule has 4 aliphatic rings. The fourth-order valence-corrected chi connectivity index (χ4v) is 19.9.